The van der Waals surface area contributed by atoms with E-state index in [1.807, 2.05) is 35.0 Å². The van der Waals surface area contributed by atoms with Gasteiger partial charge in [0.05, 0.1) is 28.2 Å². The van der Waals surface area contributed by atoms with Gasteiger partial charge in [0.2, 0.25) is 0 Å². The lowest BCUT2D eigenvalue weighted by Crippen LogP contribution is -2.30. The highest BCUT2D eigenvalue weighted by molar-refractivity contribution is 7.92. The van der Waals surface area contributed by atoms with Gasteiger partial charge in [-0.05, 0) is 35.9 Å². The van der Waals surface area contributed by atoms with Gasteiger partial charge in [0.15, 0.2) is 0 Å². The number of anilines is 1. The highest BCUT2D eigenvalue weighted by atomic mass is 32.2. The second-order valence-corrected chi connectivity index (χ2v) is 9.05. The molecule has 3 aromatic carbocycles. The molecule has 32 heavy (non-hydrogen) atoms. The molecule has 4 aromatic rings. The molecule has 0 aliphatic heterocycles. The molecule has 0 aliphatic rings. The summed E-state index contributed by atoms with van der Waals surface area (Å²) in [6.07, 6.45) is 5.22. The Morgan fingerprint density at radius 2 is 1.66 bits per heavy atom. The van der Waals surface area contributed by atoms with Crippen molar-refractivity contribution in [2.45, 2.75) is 11.4 Å². The average molecular weight is 447 g/mol. The Labute approximate surface area is 187 Å². The third kappa shape index (κ3) is 4.26. The second kappa shape index (κ2) is 9.07. The zero-order valence-electron chi connectivity index (χ0n) is 17.4. The van der Waals surface area contributed by atoms with Gasteiger partial charge in [0, 0.05) is 26.0 Å². The summed E-state index contributed by atoms with van der Waals surface area (Å²) in [5, 5.41) is 2.91. The number of imidazole rings is 1. The van der Waals surface area contributed by atoms with Crippen LogP contribution in [-0.2, 0) is 16.6 Å². The van der Waals surface area contributed by atoms with E-state index in [1.54, 1.807) is 55.0 Å². The van der Waals surface area contributed by atoms with Gasteiger partial charge in [-0.15, -0.1) is 0 Å². The molecule has 1 aromatic heterocycles. The molecule has 0 aliphatic carbocycles. The third-order valence-corrected chi connectivity index (χ3v) is 6.89. The summed E-state index contributed by atoms with van der Waals surface area (Å²) in [6, 6.07) is 22.5. The number of hydrogen-bond donors (Lipinski definition) is 1. The van der Waals surface area contributed by atoms with Crippen molar-refractivity contribution in [3.8, 4) is 5.69 Å². The number of sulfonamides is 1. The van der Waals surface area contributed by atoms with Crippen LogP contribution in [0.15, 0.2) is 102 Å². The lowest BCUT2D eigenvalue weighted by Gasteiger charge is -2.22. The molecule has 0 saturated heterocycles. The predicted octanol–water partition coefficient (Wildman–Crippen LogP) is 3.63. The number of para-hydroxylation sites is 2. The number of nitrogens with one attached hydrogen (secondary N) is 1. The summed E-state index contributed by atoms with van der Waals surface area (Å²) in [7, 11) is -2.36. The Balaban J connectivity index is 1.58. The van der Waals surface area contributed by atoms with Crippen LogP contribution in [0.2, 0.25) is 0 Å². The molecule has 0 unspecified atom stereocenters. The number of carbonyl (C=O) groups is 1. The van der Waals surface area contributed by atoms with Crippen LogP contribution in [-0.4, -0.2) is 30.9 Å². The first-order valence-corrected chi connectivity index (χ1v) is 11.4. The summed E-state index contributed by atoms with van der Waals surface area (Å²) in [5.41, 5.74) is 2.38. The maximum atomic E-state index is 13.1. The minimum atomic E-state index is -3.81. The average Bonchev–Trinajstić information content (AvgIpc) is 3.37. The van der Waals surface area contributed by atoms with Crippen LogP contribution < -0.4 is 9.62 Å². The topological polar surface area (TPSA) is 84.3 Å². The van der Waals surface area contributed by atoms with Crippen molar-refractivity contribution in [1.82, 2.24) is 14.9 Å². The first-order valence-electron chi connectivity index (χ1n) is 9.96. The number of aromatic nitrogens is 2. The first-order chi connectivity index (χ1) is 15.5. The van der Waals surface area contributed by atoms with Gasteiger partial charge < -0.3 is 9.88 Å². The van der Waals surface area contributed by atoms with Gasteiger partial charge in [-0.25, -0.2) is 13.4 Å². The van der Waals surface area contributed by atoms with E-state index in [-0.39, 0.29) is 22.9 Å². The van der Waals surface area contributed by atoms with Crippen LogP contribution in [0.25, 0.3) is 5.69 Å². The molecule has 7 nitrogen and oxygen atoms in total. The quantitative estimate of drug-likeness (QED) is 0.470. The van der Waals surface area contributed by atoms with Gasteiger partial charge >= 0.3 is 0 Å². The van der Waals surface area contributed by atoms with Gasteiger partial charge in [-0.2, -0.15) is 0 Å². The summed E-state index contributed by atoms with van der Waals surface area (Å²) in [6.45, 7) is 0.274. The molecule has 1 amide bonds. The summed E-state index contributed by atoms with van der Waals surface area (Å²) in [4.78, 5) is 17.3. The van der Waals surface area contributed by atoms with E-state index in [0.29, 0.717) is 5.69 Å². The molecule has 0 saturated carbocycles. The zero-order chi connectivity index (χ0) is 22.6. The fourth-order valence-electron chi connectivity index (χ4n) is 3.40. The van der Waals surface area contributed by atoms with Crippen LogP contribution in [0.1, 0.15) is 15.9 Å². The maximum Gasteiger partial charge on any atom is 0.264 e. The van der Waals surface area contributed by atoms with Crippen molar-refractivity contribution in [1.29, 1.82) is 0 Å². The Hall–Kier alpha value is -3.91. The molecule has 0 spiro atoms. The fraction of sp³-hybridized carbons (Fsp3) is 0.0833. The number of nitrogens with zero attached hydrogens (tertiary/aromatic N) is 3. The van der Waals surface area contributed by atoms with Crippen molar-refractivity contribution in [3.63, 3.8) is 0 Å². The van der Waals surface area contributed by atoms with Crippen LogP contribution in [0.3, 0.4) is 0 Å². The molecular formula is C24H22N4O3S. The first kappa shape index (κ1) is 21.3. The molecule has 1 heterocycles. The normalized spacial score (nSPS) is 11.2. The zero-order valence-corrected chi connectivity index (χ0v) is 18.2. The highest BCUT2D eigenvalue weighted by Crippen LogP contribution is 2.26. The number of rotatable bonds is 7. The van der Waals surface area contributed by atoms with Crippen molar-refractivity contribution in [2.75, 3.05) is 11.4 Å². The Morgan fingerprint density at radius 3 is 2.41 bits per heavy atom. The van der Waals surface area contributed by atoms with Gasteiger partial charge in [-0.3, -0.25) is 9.10 Å². The van der Waals surface area contributed by atoms with Crippen LogP contribution >= 0.6 is 0 Å². The third-order valence-electron chi connectivity index (χ3n) is 5.10. The van der Waals surface area contributed by atoms with Crippen LogP contribution in [0.4, 0.5) is 5.69 Å². The number of carbonyl (C=O) groups excluding carboxylic acids is 1. The molecule has 162 valence electrons. The van der Waals surface area contributed by atoms with Crippen molar-refractivity contribution in [3.05, 3.63) is 109 Å². The van der Waals surface area contributed by atoms with E-state index in [1.165, 1.54) is 19.2 Å². The van der Waals surface area contributed by atoms with E-state index in [0.717, 1.165) is 15.6 Å². The standard InChI is InChI=1S/C24H22N4O3S/c1-27(32(30,31)20-10-3-2-4-11-20)23-14-8-6-12-21(23)24(29)26-17-19-9-5-7-13-22(19)28-16-15-25-18-28/h2-16,18H,17H2,1H3,(H,26,29). The smallest absolute Gasteiger partial charge is 0.264 e. The second-order valence-electron chi connectivity index (χ2n) is 7.08. The van der Waals surface area contributed by atoms with Crippen LogP contribution in [0.5, 0.6) is 0 Å². The van der Waals surface area contributed by atoms with E-state index in [9.17, 15) is 13.2 Å². The largest absolute Gasteiger partial charge is 0.348 e. The summed E-state index contributed by atoms with van der Waals surface area (Å²) >= 11 is 0. The number of amides is 1. The highest BCUT2D eigenvalue weighted by Gasteiger charge is 2.24. The van der Waals surface area contributed by atoms with Crippen molar-refractivity contribution >= 4 is 21.6 Å². The molecule has 1 N–H and O–H groups in total. The van der Waals surface area contributed by atoms with Crippen molar-refractivity contribution in [2.24, 2.45) is 0 Å². The molecule has 8 heteroatoms. The van der Waals surface area contributed by atoms with Crippen LogP contribution in [0, 0.1) is 0 Å². The number of benzene rings is 3. The Morgan fingerprint density at radius 1 is 0.969 bits per heavy atom. The molecule has 0 radical (unpaired) electrons. The minimum Gasteiger partial charge on any atom is -0.348 e. The number of hydrogen-bond acceptors (Lipinski definition) is 4. The molecule has 0 fully saturated rings. The Bertz CT molecular complexity index is 1320. The molecule has 4 rings (SSSR count). The summed E-state index contributed by atoms with van der Waals surface area (Å²) in [5.74, 6) is -0.365. The lowest BCUT2D eigenvalue weighted by molar-refractivity contribution is 0.0951. The van der Waals surface area contributed by atoms with E-state index in [4.69, 9.17) is 0 Å². The monoisotopic (exact) mass is 446 g/mol. The SMILES string of the molecule is CN(c1ccccc1C(=O)NCc1ccccc1-n1ccnc1)S(=O)(=O)c1ccccc1. The lowest BCUT2D eigenvalue weighted by atomic mass is 10.1. The predicted molar refractivity (Wildman–Crippen MR) is 123 cm³/mol. The van der Waals surface area contributed by atoms with E-state index < -0.39 is 10.0 Å². The van der Waals surface area contributed by atoms with Gasteiger partial charge in [0.1, 0.15) is 0 Å². The fourth-order valence-corrected chi connectivity index (χ4v) is 4.64. The van der Waals surface area contributed by atoms with Gasteiger partial charge in [-0.1, -0.05) is 48.5 Å². The maximum absolute atomic E-state index is 13.1. The summed E-state index contributed by atoms with van der Waals surface area (Å²) < 4.78 is 29.1. The van der Waals surface area contributed by atoms with Gasteiger partial charge in [0.25, 0.3) is 15.9 Å². The Kier molecular flexibility index (Phi) is 6.04. The van der Waals surface area contributed by atoms with Crippen molar-refractivity contribution < 1.29 is 13.2 Å². The van der Waals surface area contributed by atoms with E-state index >= 15 is 0 Å². The molecule has 0 atom stereocenters. The molecule has 0 bridgehead atoms. The minimum absolute atomic E-state index is 0.159. The molecular weight excluding hydrogens is 424 g/mol. The van der Waals surface area contributed by atoms with E-state index in [2.05, 4.69) is 10.3 Å².